The van der Waals surface area contributed by atoms with E-state index in [1.54, 1.807) is 0 Å². The molecule has 1 fully saturated rings. The van der Waals surface area contributed by atoms with Crippen molar-refractivity contribution in [3.63, 3.8) is 0 Å². The molecule has 1 aromatic rings. The smallest absolute Gasteiger partial charge is 0.176 e. The summed E-state index contributed by atoms with van der Waals surface area (Å²) in [4.78, 5) is 14.5. The summed E-state index contributed by atoms with van der Waals surface area (Å²) >= 11 is 3.38. The highest BCUT2D eigenvalue weighted by Crippen LogP contribution is 2.16. The quantitative estimate of drug-likeness (QED) is 0.796. The number of benzene rings is 1. The molecule has 3 nitrogen and oxygen atoms in total. The molecule has 0 N–H and O–H groups in total. The number of rotatable bonds is 4. The second-order valence-electron chi connectivity index (χ2n) is 5.07. The zero-order valence-corrected chi connectivity index (χ0v) is 13.0. The van der Waals surface area contributed by atoms with Crippen LogP contribution in [-0.2, 0) is 4.74 Å². The molecule has 2 unspecified atom stereocenters. The number of hydrogen-bond donors (Lipinski definition) is 0. The van der Waals surface area contributed by atoms with Crippen LogP contribution in [0.4, 0.5) is 0 Å². The van der Waals surface area contributed by atoms with E-state index in [9.17, 15) is 4.79 Å². The summed E-state index contributed by atoms with van der Waals surface area (Å²) in [6.45, 7) is 6.24. The van der Waals surface area contributed by atoms with Gasteiger partial charge in [0, 0.05) is 22.6 Å². The van der Waals surface area contributed by atoms with Gasteiger partial charge < -0.3 is 4.74 Å². The summed E-state index contributed by atoms with van der Waals surface area (Å²) in [6.07, 6.45) is 1.22. The van der Waals surface area contributed by atoms with Crippen molar-refractivity contribution < 1.29 is 9.53 Å². The average molecular weight is 326 g/mol. The van der Waals surface area contributed by atoms with Gasteiger partial charge in [-0.2, -0.15) is 0 Å². The molecular formula is C15H20BrNO2. The Morgan fingerprint density at radius 1 is 1.42 bits per heavy atom. The van der Waals surface area contributed by atoms with Crippen molar-refractivity contribution in [2.75, 3.05) is 19.7 Å². The second kappa shape index (κ2) is 6.64. The minimum atomic E-state index is 0.181. The molecule has 1 aromatic carbocycles. The first-order valence-electron chi connectivity index (χ1n) is 6.74. The van der Waals surface area contributed by atoms with E-state index < -0.39 is 0 Å². The summed E-state index contributed by atoms with van der Waals surface area (Å²) < 4.78 is 6.65. The molecule has 1 aliphatic rings. The Morgan fingerprint density at radius 2 is 2.11 bits per heavy atom. The van der Waals surface area contributed by atoms with Crippen LogP contribution in [0.5, 0.6) is 0 Å². The lowest BCUT2D eigenvalue weighted by Crippen LogP contribution is -2.50. The molecule has 0 radical (unpaired) electrons. The van der Waals surface area contributed by atoms with Crippen molar-refractivity contribution in [1.29, 1.82) is 0 Å². The maximum absolute atomic E-state index is 12.3. The maximum atomic E-state index is 12.3. The highest BCUT2D eigenvalue weighted by Gasteiger charge is 2.27. The highest BCUT2D eigenvalue weighted by molar-refractivity contribution is 9.10. The number of ether oxygens (including phenoxy) is 1. The molecule has 1 heterocycles. The van der Waals surface area contributed by atoms with E-state index >= 15 is 0 Å². The van der Waals surface area contributed by atoms with Gasteiger partial charge in [-0.1, -0.05) is 35.0 Å². The van der Waals surface area contributed by atoms with Crippen molar-refractivity contribution in [3.05, 3.63) is 34.3 Å². The third-order valence-electron chi connectivity index (χ3n) is 3.57. The Bertz CT molecular complexity index is 432. The van der Waals surface area contributed by atoms with Gasteiger partial charge in [0.2, 0.25) is 0 Å². The second-order valence-corrected chi connectivity index (χ2v) is 5.98. The number of ketones is 1. The average Bonchev–Trinajstić information content (AvgIpc) is 2.39. The molecular weight excluding hydrogens is 306 g/mol. The van der Waals surface area contributed by atoms with E-state index in [0.717, 1.165) is 29.6 Å². The van der Waals surface area contributed by atoms with Crippen LogP contribution >= 0.6 is 15.9 Å². The molecule has 104 valence electrons. The van der Waals surface area contributed by atoms with Gasteiger partial charge in [-0.25, -0.2) is 0 Å². The lowest BCUT2D eigenvalue weighted by atomic mass is 10.1. The van der Waals surface area contributed by atoms with Crippen LogP contribution in [0.15, 0.2) is 28.7 Å². The molecule has 1 aliphatic heterocycles. The Labute approximate surface area is 123 Å². The lowest BCUT2D eigenvalue weighted by molar-refractivity contribution is -0.0523. The fourth-order valence-electron chi connectivity index (χ4n) is 2.39. The van der Waals surface area contributed by atoms with Gasteiger partial charge in [0.05, 0.1) is 19.3 Å². The van der Waals surface area contributed by atoms with Crippen molar-refractivity contribution in [2.24, 2.45) is 0 Å². The van der Waals surface area contributed by atoms with Crippen molar-refractivity contribution >= 4 is 21.7 Å². The number of halogens is 1. The van der Waals surface area contributed by atoms with Crippen LogP contribution < -0.4 is 0 Å². The summed E-state index contributed by atoms with van der Waals surface area (Å²) in [5.74, 6) is 0.181. The van der Waals surface area contributed by atoms with Crippen LogP contribution in [0.1, 0.15) is 30.6 Å². The largest absolute Gasteiger partial charge is 0.376 e. The molecule has 19 heavy (non-hydrogen) atoms. The van der Waals surface area contributed by atoms with Gasteiger partial charge in [0.1, 0.15) is 0 Å². The van der Waals surface area contributed by atoms with Gasteiger partial charge in [-0.05, 0) is 25.5 Å². The van der Waals surface area contributed by atoms with Crippen molar-refractivity contribution in [1.82, 2.24) is 4.90 Å². The Morgan fingerprint density at radius 3 is 2.74 bits per heavy atom. The fraction of sp³-hybridized carbons (Fsp3) is 0.533. The predicted molar refractivity (Wildman–Crippen MR) is 79.5 cm³/mol. The van der Waals surface area contributed by atoms with E-state index in [-0.39, 0.29) is 11.9 Å². The fourth-order valence-corrected chi connectivity index (χ4v) is 2.66. The van der Waals surface area contributed by atoms with Crippen LogP contribution in [-0.4, -0.2) is 42.5 Å². The van der Waals surface area contributed by atoms with Gasteiger partial charge in [0.25, 0.3) is 0 Å². The van der Waals surface area contributed by atoms with Crippen LogP contribution in [0.2, 0.25) is 0 Å². The summed E-state index contributed by atoms with van der Waals surface area (Å²) in [7, 11) is 0. The first-order valence-corrected chi connectivity index (χ1v) is 7.54. The van der Waals surface area contributed by atoms with E-state index in [0.29, 0.717) is 12.6 Å². The molecule has 0 bridgehead atoms. The SMILES string of the molecule is CCC1COC(C)CN1CC(=O)c1ccc(Br)cc1. The van der Waals surface area contributed by atoms with Crippen molar-refractivity contribution in [2.45, 2.75) is 32.4 Å². The van der Waals surface area contributed by atoms with Crippen LogP contribution in [0.3, 0.4) is 0 Å². The van der Waals surface area contributed by atoms with E-state index in [1.165, 1.54) is 0 Å². The Kier molecular flexibility index (Phi) is 5.13. The van der Waals surface area contributed by atoms with E-state index in [2.05, 4.69) is 34.7 Å². The number of carbonyl (C=O) groups is 1. The third-order valence-corrected chi connectivity index (χ3v) is 4.09. The molecule has 1 saturated heterocycles. The third kappa shape index (κ3) is 3.88. The number of nitrogens with zero attached hydrogens (tertiary/aromatic N) is 1. The number of morpholine rings is 1. The number of carbonyl (C=O) groups excluding carboxylic acids is 1. The molecule has 0 amide bonds. The Balaban J connectivity index is 2.02. The van der Waals surface area contributed by atoms with Gasteiger partial charge in [0.15, 0.2) is 5.78 Å². The van der Waals surface area contributed by atoms with Gasteiger partial charge >= 0.3 is 0 Å². The van der Waals surface area contributed by atoms with E-state index in [4.69, 9.17) is 4.74 Å². The van der Waals surface area contributed by atoms with Gasteiger partial charge in [-0.15, -0.1) is 0 Å². The molecule has 0 aromatic heterocycles. The van der Waals surface area contributed by atoms with Crippen LogP contribution in [0, 0.1) is 0 Å². The molecule has 2 atom stereocenters. The number of hydrogen-bond acceptors (Lipinski definition) is 3. The molecule has 0 aliphatic carbocycles. The van der Waals surface area contributed by atoms with Crippen LogP contribution in [0.25, 0.3) is 0 Å². The molecule has 0 saturated carbocycles. The zero-order chi connectivity index (χ0) is 13.8. The maximum Gasteiger partial charge on any atom is 0.176 e. The first-order chi connectivity index (χ1) is 9.10. The Hall–Kier alpha value is -0.710. The summed E-state index contributed by atoms with van der Waals surface area (Å²) in [5.41, 5.74) is 0.775. The predicted octanol–water partition coefficient (Wildman–Crippen LogP) is 3.13. The van der Waals surface area contributed by atoms with Crippen molar-refractivity contribution in [3.8, 4) is 0 Å². The summed E-state index contributed by atoms with van der Waals surface area (Å²) in [6, 6.07) is 7.92. The van der Waals surface area contributed by atoms with E-state index in [1.807, 2.05) is 24.3 Å². The zero-order valence-electron chi connectivity index (χ0n) is 11.4. The molecule has 4 heteroatoms. The van der Waals surface area contributed by atoms with Gasteiger partial charge in [-0.3, -0.25) is 9.69 Å². The molecule has 0 spiro atoms. The highest BCUT2D eigenvalue weighted by atomic mass is 79.9. The minimum Gasteiger partial charge on any atom is -0.376 e. The lowest BCUT2D eigenvalue weighted by Gasteiger charge is -2.37. The summed E-state index contributed by atoms with van der Waals surface area (Å²) in [5, 5.41) is 0. The first kappa shape index (κ1) is 14.7. The minimum absolute atomic E-state index is 0.181. The normalized spacial score (nSPS) is 24.4. The topological polar surface area (TPSA) is 29.5 Å². The molecule has 2 rings (SSSR count). The monoisotopic (exact) mass is 325 g/mol. The standard InChI is InChI=1S/C15H20BrNO2/c1-3-14-10-19-11(2)8-17(14)9-15(18)12-4-6-13(16)7-5-12/h4-7,11,14H,3,8-10H2,1-2H3. The number of Topliss-reactive ketones (excluding diaryl/α,β-unsaturated/α-hetero) is 1.